The Morgan fingerprint density at radius 3 is 1.70 bits per heavy atom. The van der Waals surface area contributed by atoms with Gasteiger partial charge in [-0.15, -0.1) is 0 Å². The fourth-order valence-electron chi connectivity index (χ4n) is 3.84. The van der Waals surface area contributed by atoms with Gasteiger partial charge in [0.1, 0.15) is 0 Å². The number of halogens is 4. The fraction of sp³-hybridized carbons (Fsp3) is 0.143. The highest BCUT2D eigenvalue weighted by Crippen LogP contribution is 2.23. The van der Waals surface area contributed by atoms with Crippen molar-refractivity contribution in [3.8, 4) is 0 Å². The monoisotopic (exact) mass is 509 g/mol. The number of ketones is 1. The number of rotatable bonds is 5. The van der Waals surface area contributed by atoms with E-state index >= 15 is 0 Å². The third-order valence-electron chi connectivity index (χ3n) is 5.78. The molecule has 1 saturated heterocycles. The van der Waals surface area contributed by atoms with Gasteiger partial charge in [0, 0.05) is 49.6 Å². The molecule has 3 aromatic rings. The minimum Gasteiger partial charge on any atom is -0.378 e. The summed E-state index contributed by atoms with van der Waals surface area (Å²) in [5.74, 6) is -5.02. The van der Waals surface area contributed by atoms with E-state index in [4.69, 9.17) is 0 Å². The molecule has 9 heteroatoms. The van der Waals surface area contributed by atoms with Crippen molar-refractivity contribution >= 4 is 29.5 Å². The zero-order valence-corrected chi connectivity index (χ0v) is 20.1. The molecule has 1 heterocycles. The molecule has 3 aromatic carbocycles. The Morgan fingerprint density at radius 2 is 1.27 bits per heavy atom. The number of nitrogens with one attached hydrogen (secondary N) is 1. The largest absolute Gasteiger partial charge is 0.378 e. The summed E-state index contributed by atoms with van der Waals surface area (Å²) < 4.78 is 54.2. The minimum absolute atomic E-state index is 0.0194. The van der Waals surface area contributed by atoms with E-state index in [0.29, 0.717) is 5.56 Å². The Kier molecular flexibility index (Phi) is 7.54. The summed E-state index contributed by atoms with van der Waals surface area (Å²) in [5, 5.41) is 1.49. The second-order valence-corrected chi connectivity index (χ2v) is 8.75. The summed E-state index contributed by atoms with van der Waals surface area (Å²) in [6.45, 7) is -0.0388. The average Bonchev–Trinajstić information content (AvgIpc) is 2.86. The van der Waals surface area contributed by atoms with Crippen LogP contribution in [0.2, 0.25) is 0 Å². The third kappa shape index (κ3) is 6.13. The van der Waals surface area contributed by atoms with Crippen LogP contribution in [0.25, 0.3) is 12.2 Å². The molecular weight excluding hydrogens is 486 g/mol. The first kappa shape index (κ1) is 25.8. The lowest BCUT2D eigenvalue weighted by Crippen LogP contribution is -2.48. The molecule has 0 atom stereocenters. The lowest BCUT2D eigenvalue weighted by Gasteiger charge is -2.30. The van der Waals surface area contributed by atoms with E-state index in [-0.39, 0.29) is 35.4 Å². The number of piperidine rings is 1. The van der Waals surface area contributed by atoms with Gasteiger partial charge >= 0.3 is 0 Å². The first-order valence-corrected chi connectivity index (χ1v) is 11.3. The van der Waals surface area contributed by atoms with Crippen LogP contribution in [0.1, 0.15) is 21.5 Å². The SMILES string of the molecule is CN(C)c1ccc(C(=O)NN2C/C(=C\c3ccc(F)c(F)c3)C(=O)/C(=C/c3ccc(F)c(F)c3)C2)cc1. The molecule has 0 aliphatic carbocycles. The third-order valence-corrected chi connectivity index (χ3v) is 5.78. The zero-order chi connectivity index (χ0) is 26.7. The van der Waals surface area contributed by atoms with E-state index in [9.17, 15) is 27.2 Å². The molecule has 0 radical (unpaired) electrons. The van der Waals surface area contributed by atoms with Crippen molar-refractivity contribution < 1.29 is 27.2 Å². The van der Waals surface area contributed by atoms with Gasteiger partial charge in [0.2, 0.25) is 0 Å². The minimum atomic E-state index is -1.07. The number of nitrogens with zero attached hydrogens (tertiary/aromatic N) is 2. The summed E-state index contributed by atoms with van der Waals surface area (Å²) in [5.41, 5.74) is 4.94. The summed E-state index contributed by atoms with van der Waals surface area (Å²) in [6, 6.07) is 13.4. The summed E-state index contributed by atoms with van der Waals surface area (Å²) in [6.07, 6.45) is 2.79. The molecule has 4 rings (SSSR count). The van der Waals surface area contributed by atoms with Gasteiger partial charge in [-0.3, -0.25) is 15.0 Å². The van der Waals surface area contributed by atoms with Crippen molar-refractivity contribution in [3.63, 3.8) is 0 Å². The predicted octanol–water partition coefficient (Wildman–Crippen LogP) is 5.01. The van der Waals surface area contributed by atoms with Crippen LogP contribution in [-0.4, -0.2) is 43.9 Å². The number of amides is 1. The van der Waals surface area contributed by atoms with Gasteiger partial charge in [0.15, 0.2) is 29.1 Å². The molecule has 1 aliphatic rings. The second kappa shape index (κ2) is 10.8. The van der Waals surface area contributed by atoms with Gasteiger partial charge < -0.3 is 4.90 Å². The van der Waals surface area contributed by atoms with Crippen LogP contribution in [0, 0.1) is 23.3 Å². The highest BCUT2D eigenvalue weighted by molar-refractivity contribution is 6.14. The molecule has 0 bridgehead atoms. The van der Waals surface area contributed by atoms with Crippen molar-refractivity contribution in [2.45, 2.75) is 0 Å². The maximum atomic E-state index is 13.7. The summed E-state index contributed by atoms with van der Waals surface area (Å²) >= 11 is 0. The molecule has 0 unspecified atom stereocenters. The topological polar surface area (TPSA) is 52.7 Å². The molecular formula is C28H23F4N3O2. The highest BCUT2D eigenvalue weighted by Gasteiger charge is 2.27. The van der Waals surface area contributed by atoms with Crippen molar-refractivity contribution in [1.82, 2.24) is 10.4 Å². The van der Waals surface area contributed by atoms with Crippen LogP contribution < -0.4 is 10.3 Å². The maximum Gasteiger partial charge on any atom is 0.265 e. The second-order valence-electron chi connectivity index (χ2n) is 8.75. The molecule has 190 valence electrons. The van der Waals surface area contributed by atoms with Crippen LogP contribution in [0.5, 0.6) is 0 Å². The van der Waals surface area contributed by atoms with E-state index in [1.165, 1.54) is 29.3 Å². The number of hydrazine groups is 1. The van der Waals surface area contributed by atoms with E-state index in [1.807, 2.05) is 19.0 Å². The molecule has 0 aromatic heterocycles. The number of anilines is 1. The quantitative estimate of drug-likeness (QED) is 0.388. The molecule has 0 spiro atoms. The van der Waals surface area contributed by atoms with E-state index in [1.54, 1.807) is 24.3 Å². The lowest BCUT2D eigenvalue weighted by molar-refractivity contribution is -0.113. The van der Waals surface area contributed by atoms with E-state index < -0.39 is 35.0 Å². The summed E-state index contributed by atoms with van der Waals surface area (Å²) in [4.78, 5) is 28.0. The van der Waals surface area contributed by atoms with Crippen LogP contribution in [0.3, 0.4) is 0 Å². The molecule has 1 aliphatic heterocycles. The average molecular weight is 510 g/mol. The predicted molar refractivity (Wildman–Crippen MR) is 133 cm³/mol. The van der Waals surface area contributed by atoms with Crippen LogP contribution in [0.4, 0.5) is 23.2 Å². The Balaban J connectivity index is 1.65. The fourth-order valence-corrected chi connectivity index (χ4v) is 3.84. The van der Waals surface area contributed by atoms with Crippen LogP contribution >= 0.6 is 0 Å². The van der Waals surface area contributed by atoms with Gasteiger partial charge in [0.05, 0.1) is 0 Å². The van der Waals surface area contributed by atoms with Gasteiger partial charge in [-0.1, -0.05) is 12.1 Å². The Labute approximate surface area is 211 Å². The van der Waals surface area contributed by atoms with Gasteiger partial charge in [-0.2, -0.15) is 0 Å². The Bertz CT molecular complexity index is 1340. The van der Waals surface area contributed by atoms with Gasteiger partial charge in [0.25, 0.3) is 5.91 Å². The lowest BCUT2D eigenvalue weighted by atomic mass is 9.95. The molecule has 0 saturated carbocycles. The molecule has 37 heavy (non-hydrogen) atoms. The van der Waals surface area contributed by atoms with Crippen LogP contribution in [0.15, 0.2) is 71.8 Å². The van der Waals surface area contributed by atoms with Crippen LogP contribution in [-0.2, 0) is 4.79 Å². The van der Waals surface area contributed by atoms with Gasteiger partial charge in [-0.25, -0.2) is 22.6 Å². The first-order chi connectivity index (χ1) is 17.6. The maximum absolute atomic E-state index is 13.7. The molecule has 1 N–H and O–H groups in total. The Morgan fingerprint density at radius 1 is 0.784 bits per heavy atom. The van der Waals surface area contributed by atoms with E-state index in [0.717, 1.165) is 30.0 Å². The van der Waals surface area contributed by atoms with Gasteiger partial charge in [-0.05, 0) is 71.8 Å². The van der Waals surface area contributed by atoms with Crippen molar-refractivity contribution in [3.05, 3.63) is 112 Å². The standard InChI is InChI=1S/C28H23F4N3O2/c1-34(2)22-7-5-19(6-8-22)28(37)33-35-15-20(11-17-3-9-23(29)25(31)13-17)27(36)21(16-35)12-18-4-10-24(30)26(32)14-18/h3-14H,15-16H2,1-2H3,(H,33,37)/b20-11+,21-12+. The number of hydrogen-bond donors (Lipinski definition) is 1. The summed E-state index contributed by atoms with van der Waals surface area (Å²) in [7, 11) is 3.75. The first-order valence-electron chi connectivity index (χ1n) is 11.3. The molecule has 5 nitrogen and oxygen atoms in total. The zero-order valence-electron chi connectivity index (χ0n) is 20.1. The Hall–Kier alpha value is -4.24. The number of carbonyl (C=O) groups is 2. The smallest absolute Gasteiger partial charge is 0.265 e. The van der Waals surface area contributed by atoms with Crippen molar-refractivity contribution in [2.75, 3.05) is 32.1 Å². The molecule has 1 amide bonds. The highest BCUT2D eigenvalue weighted by atomic mass is 19.2. The van der Waals surface area contributed by atoms with Crippen molar-refractivity contribution in [1.29, 1.82) is 0 Å². The molecule has 1 fully saturated rings. The van der Waals surface area contributed by atoms with Crippen molar-refractivity contribution in [2.24, 2.45) is 0 Å². The normalized spacial score (nSPS) is 16.3. The number of Topliss-reactive ketones (excluding diaryl/α,β-unsaturated/α-hetero) is 1. The number of benzene rings is 3. The number of hydrogen-bond acceptors (Lipinski definition) is 4. The van der Waals surface area contributed by atoms with E-state index in [2.05, 4.69) is 5.43 Å². The number of carbonyl (C=O) groups excluding carboxylic acids is 2.